The number of benzene rings is 1. The number of nitrogens with one attached hydrogen (secondary N) is 2. The fraction of sp³-hybridized carbons (Fsp3) is 0.0833. The Labute approximate surface area is 97.1 Å². The highest BCUT2D eigenvalue weighted by molar-refractivity contribution is 5.84. The minimum atomic E-state index is 0.575. The summed E-state index contributed by atoms with van der Waals surface area (Å²) in [5, 5.41) is 15.8. The van der Waals surface area contributed by atoms with Gasteiger partial charge in [0.2, 0.25) is 0 Å². The number of fused-ring (bicyclic) bond motifs is 1. The lowest BCUT2D eigenvalue weighted by Crippen LogP contribution is -1.81. The first-order chi connectivity index (χ1) is 8.29. The van der Waals surface area contributed by atoms with Crippen LogP contribution >= 0.6 is 0 Å². The Morgan fingerprint density at radius 1 is 1.35 bits per heavy atom. The molecule has 0 saturated heterocycles. The smallest absolute Gasteiger partial charge is 0.141 e. The summed E-state index contributed by atoms with van der Waals surface area (Å²) in [4.78, 5) is 7.64. The molecule has 0 atom stereocenters. The molecule has 0 saturated carbocycles. The van der Waals surface area contributed by atoms with Crippen molar-refractivity contribution in [2.75, 3.05) is 0 Å². The normalized spacial score (nSPS) is 10.6. The van der Waals surface area contributed by atoms with Crippen LogP contribution in [0, 0.1) is 18.3 Å². The highest BCUT2D eigenvalue weighted by Crippen LogP contribution is 2.23. The van der Waals surface area contributed by atoms with Crippen LogP contribution in [-0.4, -0.2) is 20.2 Å². The van der Waals surface area contributed by atoms with E-state index in [-0.39, 0.29) is 0 Å². The van der Waals surface area contributed by atoms with E-state index in [0.717, 1.165) is 22.6 Å². The van der Waals surface area contributed by atoms with Crippen LogP contribution in [0.3, 0.4) is 0 Å². The molecule has 0 spiro atoms. The van der Waals surface area contributed by atoms with E-state index in [1.165, 1.54) is 0 Å². The van der Waals surface area contributed by atoms with Gasteiger partial charge in [0.1, 0.15) is 17.4 Å². The number of H-pyrrole nitrogens is 2. The second-order valence-electron chi connectivity index (χ2n) is 3.81. The van der Waals surface area contributed by atoms with Gasteiger partial charge in [-0.3, -0.25) is 5.10 Å². The second kappa shape index (κ2) is 3.46. The van der Waals surface area contributed by atoms with Crippen LogP contribution in [0.25, 0.3) is 22.4 Å². The summed E-state index contributed by atoms with van der Waals surface area (Å²) in [5.74, 6) is 0.731. The van der Waals surface area contributed by atoms with Crippen LogP contribution in [0.5, 0.6) is 0 Å². The standard InChI is InChI=1S/C12H9N5/c1-7-9(6-14-17-7)12-15-10-4-2-3-8(5-13)11(10)16-12/h2-4,6H,1H3,(H,14,17)(H,15,16). The van der Waals surface area contributed by atoms with Crippen LogP contribution in [0.2, 0.25) is 0 Å². The molecule has 2 N–H and O–H groups in total. The summed E-state index contributed by atoms with van der Waals surface area (Å²) in [6.45, 7) is 1.93. The molecule has 3 rings (SSSR count). The lowest BCUT2D eigenvalue weighted by atomic mass is 10.2. The SMILES string of the molecule is Cc1[nH]ncc1-c1nc2c(C#N)cccc2[nH]1. The fourth-order valence-corrected chi connectivity index (χ4v) is 1.84. The Morgan fingerprint density at radius 3 is 2.94 bits per heavy atom. The zero-order valence-electron chi connectivity index (χ0n) is 9.15. The molecule has 2 heterocycles. The molecule has 17 heavy (non-hydrogen) atoms. The highest BCUT2D eigenvalue weighted by Gasteiger charge is 2.11. The van der Waals surface area contributed by atoms with E-state index in [0.29, 0.717) is 11.1 Å². The maximum absolute atomic E-state index is 9.01. The molecule has 0 bridgehead atoms. The maximum atomic E-state index is 9.01. The topological polar surface area (TPSA) is 81.2 Å². The Kier molecular flexibility index (Phi) is 1.95. The molecule has 0 radical (unpaired) electrons. The van der Waals surface area contributed by atoms with E-state index < -0.39 is 0 Å². The van der Waals surface area contributed by atoms with Crippen LogP contribution in [0.4, 0.5) is 0 Å². The van der Waals surface area contributed by atoms with Crippen LogP contribution in [-0.2, 0) is 0 Å². The minimum absolute atomic E-state index is 0.575. The molecule has 5 heteroatoms. The molecule has 0 amide bonds. The third-order valence-electron chi connectivity index (χ3n) is 2.72. The van der Waals surface area contributed by atoms with E-state index in [2.05, 4.69) is 26.2 Å². The number of aromatic nitrogens is 4. The zero-order chi connectivity index (χ0) is 11.8. The summed E-state index contributed by atoms with van der Waals surface area (Å²) in [6, 6.07) is 7.64. The van der Waals surface area contributed by atoms with Gasteiger partial charge in [0.25, 0.3) is 0 Å². The molecule has 0 aliphatic carbocycles. The number of hydrogen-bond donors (Lipinski definition) is 2. The molecule has 0 aliphatic heterocycles. The number of rotatable bonds is 1. The minimum Gasteiger partial charge on any atom is -0.338 e. The molecule has 0 fully saturated rings. The third kappa shape index (κ3) is 1.39. The first kappa shape index (κ1) is 9.60. The van der Waals surface area contributed by atoms with Gasteiger partial charge in [-0.1, -0.05) is 6.07 Å². The predicted octanol–water partition coefficient (Wildman–Crippen LogP) is 2.13. The average molecular weight is 223 g/mol. The lowest BCUT2D eigenvalue weighted by Gasteiger charge is -1.90. The van der Waals surface area contributed by atoms with Gasteiger partial charge in [-0.05, 0) is 19.1 Å². The van der Waals surface area contributed by atoms with Crippen LogP contribution in [0.15, 0.2) is 24.4 Å². The van der Waals surface area contributed by atoms with Crippen molar-refractivity contribution in [3.63, 3.8) is 0 Å². The van der Waals surface area contributed by atoms with Crippen molar-refractivity contribution in [3.05, 3.63) is 35.7 Å². The molecule has 3 aromatic rings. The third-order valence-corrected chi connectivity index (χ3v) is 2.72. The summed E-state index contributed by atoms with van der Waals surface area (Å²) >= 11 is 0. The van der Waals surface area contributed by atoms with Gasteiger partial charge in [0.05, 0.1) is 22.8 Å². The van der Waals surface area contributed by atoms with Crippen molar-refractivity contribution >= 4 is 11.0 Å². The number of nitrogens with zero attached hydrogens (tertiary/aromatic N) is 3. The van der Waals surface area contributed by atoms with Crippen LogP contribution < -0.4 is 0 Å². The fourth-order valence-electron chi connectivity index (χ4n) is 1.84. The first-order valence-corrected chi connectivity index (χ1v) is 5.19. The largest absolute Gasteiger partial charge is 0.338 e. The monoisotopic (exact) mass is 223 g/mol. The molecule has 82 valence electrons. The molecule has 5 nitrogen and oxygen atoms in total. The van der Waals surface area contributed by atoms with Crippen molar-refractivity contribution in [3.8, 4) is 17.5 Å². The van der Waals surface area contributed by atoms with Gasteiger partial charge >= 0.3 is 0 Å². The number of aryl methyl sites for hydroxylation is 1. The zero-order valence-corrected chi connectivity index (χ0v) is 9.15. The lowest BCUT2D eigenvalue weighted by molar-refractivity contribution is 1.05. The van der Waals surface area contributed by atoms with Crippen molar-refractivity contribution < 1.29 is 0 Å². The van der Waals surface area contributed by atoms with Crippen molar-refractivity contribution in [1.29, 1.82) is 5.26 Å². The van der Waals surface area contributed by atoms with Gasteiger partial charge in [-0.15, -0.1) is 0 Å². The molecule has 0 unspecified atom stereocenters. The number of hydrogen-bond acceptors (Lipinski definition) is 3. The van der Waals surface area contributed by atoms with E-state index in [1.54, 1.807) is 12.3 Å². The summed E-state index contributed by atoms with van der Waals surface area (Å²) in [6.07, 6.45) is 1.72. The van der Waals surface area contributed by atoms with Crippen molar-refractivity contribution in [2.24, 2.45) is 0 Å². The summed E-state index contributed by atoms with van der Waals surface area (Å²) in [5.41, 5.74) is 4.00. The Balaban J connectivity index is 2.28. The van der Waals surface area contributed by atoms with Gasteiger partial charge < -0.3 is 4.98 Å². The molecule has 0 aliphatic rings. The van der Waals surface area contributed by atoms with Gasteiger partial charge in [0, 0.05) is 5.69 Å². The summed E-state index contributed by atoms with van der Waals surface area (Å²) < 4.78 is 0. The van der Waals surface area contributed by atoms with Gasteiger partial charge in [-0.25, -0.2) is 4.98 Å². The Bertz CT molecular complexity index is 729. The number of para-hydroxylation sites is 1. The van der Waals surface area contributed by atoms with Crippen molar-refractivity contribution in [2.45, 2.75) is 6.92 Å². The maximum Gasteiger partial charge on any atom is 0.141 e. The second-order valence-corrected chi connectivity index (χ2v) is 3.81. The number of imidazole rings is 1. The number of nitriles is 1. The van der Waals surface area contributed by atoms with E-state index >= 15 is 0 Å². The number of aromatic amines is 2. The van der Waals surface area contributed by atoms with Crippen LogP contribution in [0.1, 0.15) is 11.3 Å². The molecular formula is C12H9N5. The van der Waals surface area contributed by atoms with Gasteiger partial charge in [-0.2, -0.15) is 10.4 Å². The molecule has 1 aromatic carbocycles. The van der Waals surface area contributed by atoms with Crippen molar-refractivity contribution in [1.82, 2.24) is 20.2 Å². The van der Waals surface area contributed by atoms with E-state index in [9.17, 15) is 0 Å². The molecule has 2 aromatic heterocycles. The van der Waals surface area contributed by atoms with Gasteiger partial charge in [0.15, 0.2) is 0 Å². The summed E-state index contributed by atoms with van der Waals surface area (Å²) in [7, 11) is 0. The average Bonchev–Trinajstić information content (AvgIpc) is 2.93. The van der Waals surface area contributed by atoms with E-state index in [4.69, 9.17) is 5.26 Å². The Hall–Kier alpha value is -2.61. The first-order valence-electron chi connectivity index (χ1n) is 5.19. The van der Waals surface area contributed by atoms with E-state index in [1.807, 2.05) is 19.1 Å². The quantitative estimate of drug-likeness (QED) is 0.663. The highest BCUT2D eigenvalue weighted by atomic mass is 15.1. The Morgan fingerprint density at radius 2 is 2.24 bits per heavy atom. The predicted molar refractivity (Wildman–Crippen MR) is 63.1 cm³/mol. The molecular weight excluding hydrogens is 214 g/mol.